The Hall–Kier alpha value is -4.05. The first-order valence-electron chi connectivity index (χ1n) is 12.3. The fourth-order valence-electron chi connectivity index (χ4n) is 5.00. The van der Waals surface area contributed by atoms with Crippen molar-refractivity contribution in [3.05, 3.63) is 58.6 Å². The van der Waals surface area contributed by atoms with E-state index in [2.05, 4.69) is 4.98 Å². The molecule has 1 aliphatic heterocycles. The number of methoxy groups -OCH3 is 3. The van der Waals surface area contributed by atoms with Gasteiger partial charge in [0.2, 0.25) is 5.75 Å². The molecule has 0 spiro atoms. The van der Waals surface area contributed by atoms with Crippen LogP contribution in [0.1, 0.15) is 35.0 Å². The number of carbonyl (C=O) groups is 2. The fraction of sp³-hybridized carbons (Fsp3) is 0.393. The summed E-state index contributed by atoms with van der Waals surface area (Å²) in [5.74, 6) is -0.575. The molecule has 1 aromatic carbocycles. The van der Waals surface area contributed by atoms with E-state index in [1.807, 2.05) is 38.1 Å². The van der Waals surface area contributed by atoms with Gasteiger partial charge in [0.1, 0.15) is 11.3 Å². The van der Waals surface area contributed by atoms with Crippen molar-refractivity contribution in [2.75, 3.05) is 48.5 Å². The average Bonchev–Trinajstić information content (AvgIpc) is 3.36. The average molecular weight is 523 g/mol. The monoisotopic (exact) mass is 522 g/mol. The number of hydrogen-bond acceptors (Lipinski definition) is 8. The van der Waals surface area contributed by atoms with Gasteiger partial charge in [-0.15, -0.1) is 0 Å². The number of rotatable bonds is 9. The van der Waals surface area contributed by atoms with E-state index in [0.29, 0.717) is 52.8 Å². The number of aromatic nitrogens is 2. The first-order valence-corrected chi connectivity index (χ1v) is 12.3. The van der Waals surface area contributed by atoms with Gasteiger partial charge in [-0.05, 0) is 70.2 Å². The predicted molar refractivity (Wildman–Crippen MR) is 143 cm³/mol. The molecular weight excluding hydrogens is 488 g/mol. The molecule has 1 atom stereocenters. The molecule has 0 aliphatic carbocycles. The molecule has 10 nitrogen and oxygen atoms in total. The lowest BCUT2D eigenvalue weighted by Crippen LogP contribution is -2.32. The number of ketones is 1. The normalized spacial score (nSPS) is 17.1. The van der Waals surface area contributed by atoms with Crippen molar-refractivity contribution in [3.63, 3.8) is 0 Å². The zero-order valence-corrected chi connectivity index (χ0v) is 22.9. The molecule has 1 saturated heterocycles. The van der Waals surface area contributed by atoms with Crippen molar-refractivity contribution >= 4 is 23.1 Å². The summed E-state index contributed by atoms with van der Waals surface area (Å²) in [7, 11) is 8.39. The van der Waals surface area contributed by atoms with E-state index in [1.165, 1.54) is 26.2 Å². The smallest absolute Gasteiger partial charge is 0.295 e. The summed E-state index contributed by atoms with van der Waals surface area (Å²) in [6.45, 7) is 4.72. The van der Waals surface area contributed by atoms with Crippen LogP contribution >= 0.6 is 0 Å². The molecule has 0 radical (unpaired) electrons. The van der Waals surface area contributed by atoms with Gasteiger partial charge in [0.05, 0.1) is 38.6 Å². The van der Waals surface area contributed by atoms with Crippen LogP contribution in [-0.2, 0) is 9.59 Å². The van der Waals surface area contributed by atoms with Crippen LogP contribution in [0.5, 0.6) is 17.2 Å². The number of imidazole rings is 1. The number of carbonyl (C=O) groups excluding carboxylic acids is 2. The van der Waals surface area contributed by atoms with E-state index >= 15 is 0 Å². The molecule has 1 aliphatic rings. The minimum absolute atomic E-state index is 0.0134. The molecule has 202 valence electrons. The number of aliphatic hydroxyl groups is 1. The molecule has 4 rings (SSSR count). The van der Waals surface area contributed by atoms with Crippen LogP contribution in [0.2, 0.25) is 0 Å². The molecule has 0 unspecified atom stereocenters. The van der Waals surface area contributed by atoms with Crippen LogP contribution in [0.4, 0.5) is 0 Å². The van der Waals surface area contributed by atoms with Crippen molar-refractivity contribution in [1.29, 1.82) is 0 Å². The van der Waals surface area contributed by atoms with E-state index < -0.39 is 17.7 Å². The largest absolute Gasteiger partial charge is 0.505 e. The van der Waals surface area contributed by atoms with Crippen molar-refractivity contribution in [2.45, 2.75) is 26.3 Å². The maximum Gasteiger partial charge on any atom is 0.295 e. The van der Waals surface area contributed by atoms with Crippen LogP contribution in [-0.4, -0.2) is 84.5 Å². The maximum atomic E-state index is 13.5. The molecule has 0 bridgehead atoms. The summed E-state index contributed by atoms with van der Waals surface area (Å²) in [6, 6.07) is 6.30. The van der Waals surface area contributed by atoms with Crippen molar-refractivity contribution in [2.24, 2.45) is 0 Å². The fourth-order valence-corrected chi connectivity index (χ4v) is 5.00. The molecule has 1 amide bonds. The number of fused-ring (bicyclic) bond motifs is 1. The molecule has 1 N–H and O–H groups in total. The van der Waals surface area contributed by atoms with Crippen molar-refractivity contribution in [3.8, 4) is 17.2 Å². The summed E-state index contributed by atoms with van der Waals surface area (Å²) in [5, 5.41) is 11.7. The molecule has 3 aromatic rings. The van der Waals surface area contributed by atoms with Gasteiger partial charge in [-0.1, -0.05) is 6.07 Å². The Morgan fingerprint density at radius 2 is 1.74 bits per heavy atom. The van der Waals surface area contributed by atoms with Gasteiger partial charge < -0.3 is 29.1 Å². The Balaban J connectivity index is 1.97. The van der Waals surface area contributed by atoms with Crippen LogP contribution in [0.3, 0.4) is 0 Å². The first-order chi connectivity index (χ1) is 18.1. The van der Waals surface area contributed by atoms with Gasteiger partial charge in [-0.3, -0.25) is 14.0 Å². The number of likely N-dealkylation sites (tertiary alicyclic amines) is 1. The lowest BCUT2D eigenvalue weighted by Gasteiger charge is -2.27. The lowest BCUT2D eigenvalue weighted by molar-refractivity contribution is -0.139. The van der Waals surface area contributed by atoms with E-state index in [4.69, 9.17) is 14.2 Å². The highest BCUT2D eigenvalue weighted by atomic mass is 16.5. The van der Waals surface area contributed by atoms with E-state index in [9.17, 15) is 14.7 Å². The molecule has 38 heavy (non-hydrogen) atoms. The van der Waals surface area contributed by atoms with Gasteiger partial charge in [-0.2, -0.15) is 0 Å². The number of aryl methyl sites for hydroxylation is 2. The van der Waals surface area contributed by atoms with E-state index in [0.717, 1.165) is 12.1 Å². The highest BCUT2D eigenvalue weighted by molar-refractivity contribution is 6.46. The molecule has 3 heterocycles. The quantitative estimate of drug-likeness (QED) is 0.259. The number of ether oxygens (including phenoxy) is 3. The summed E-state index contributed by atoms with van der Waals surface area (Å²) in [5.41, 5.74) is 3.02. The van der Waals surface area contributed by atoms with Crippen molar-refractivity contribution in [1.82, 2.24) is 19.2 Å². The Kier molecular flexibility index (Phi) is 7.63. The summed E-state index contributed by atoms with van der Waals surface area (Å²) < 4.78 is 18.3. The Morgan fingerprint density at radius 1 is 1.08 bits per heavy atom. The third-order valence-corrected chi connectivity index (χ3v) is 6.79. The minimum Gasteiger partial charge on any atom is -0.505 e. The predicted octanol–water partition coefficient (Wildman–Crippen LogP) is 3.35. The van der Waals surface area contributed by atoms with Gasteiger partial charge >= 0.3 is 0 Å². The third kappa shape index (κ3) is 4.56. The number of amides is 1. The molecule has 10 heteroatoms. The maximum absolute atomic E-state index is 13.5. The van der Waals surface area contributed by atoms with E-state index in [1.54, 1.807) is 29.7 Å². The zero-order chi connectivity index (χ0) is 27.7. The second kappa shape index (κ2) is 10.7. The molecule has 2 aromatic heterocycles. The topological polar surface area (TPSA) is 106 Å². The second-order valence-corrected chi connectivity index (χ2v) is 9.54. The van der Waals surface area contributed by atoms with E-state index in [-0.39, 0.29) is 11.3 Å². The Bertz CT molecular complexity index is 1400. The van der Waals surface area contributed by atoms with Crippen LogP contribution in [0.25, 0.3) is 11.4 Å². The number of Topliss-reactive ketones (excluding diaryl/α,β-unsaturated/α-hetero) is 1. The molecular formula is C28H34N4O6. The van der Waals surface area contributed by atoms with Crippen molar-refractivity contribution < 1.29 is 28.9 Å². The summed E-state index contributed by atoms with van der Waals surface area (Å²) in [4.78, 5) is 35.1. The van der Waals surface area contributed by atoms with Gasteiger partial charge in [0.25, 0.3) is 11.7 Å². The minimum atomic E-state index is -0.874. The standard InChI is InChI=1S/C28H34N4O6/c1-16-10-8-12-31-22(17(2)29-27(16)31)24(33)21-23(32(28(35)25(21)34)13-9-11-30(3)4)18-14-19(36-5)26(38-7)20(15-18)37-6/h8,10,12,14-15,23,33H,9,11,13H2,1-7H3/b24-21+/t23-/m0/s1. The highest BCUT2D eigenvalue weighted by Crippen LogP contribution is 2.46. The SMILES string of the molecule is COc1cc([C@H]2/C(=C(\O)c3c(C)nc4c(C)cccn34)C(=O)C(=O)N2CCCN(C)C)cc(OC)c1OC. The number of pyridine rings is 1. The first kappa shape index (κ1) is 27.0. The number of hydrogen-bond donors (Lipinski definition) is 1. The summed E-state index contributed by atoms with van der Waals surface area (Å²) in [6.07, 6.45) is 2.41. The summed E-state index contributed by atoms with van der Waals surface area (Å²) >= 11 is 0. The number of benzene rings is 1. The van der Waals surface area contributed by atoms with Crippen LogP contribution < -0.4 is 14.2 Å². The van der Waals surface area contributed by atoms with Gasteiger partial charge in [0, 0.05) is 12.7 Å². The van der Waals surface area contributed by atoms with Crippen LogP contribution in [0, 0.1) is 13.8 Å². The number of nitrogens with zero attached hydrogens (tertiary/aromatic N) is 4. The lowest BCUT2D eigenvalue weighted by atomic mass is 9.95. The highest BCUT2D eigenvalue weighted by Gasteiger charge is 2.47. The number of aliphatic hydroxyl groups excluding tert-OH is 1. The van der Waals surface area contributed by atoms with Gasteiger partial charge in [-0.25, -0.2) is 4.98 Å². The van der Waals surface area contributed by atoms with Crippen LogP contribution in [0.15, 0.2) is 36.0 Å². The third-order valence-electron chi connectivity index (χ3n) is 6.79. The molecule has 1 fully saturated rings. The Labute approximate surface area is 222 Å². The molecule has 0 saturated carbocycles. The second-order valence-electron chi connectivity index (χ2n) is 9.54. The Morgan fingerprint density at radius 3 is 2.32 bits per heavy atom. The van der Waals surface area contributed by atoms with Gasteiger partial charge in [0.15, 0.2) is 17.3 Å². The zero-order valence-electron chi connectivity index (χ0n) is 22.9.